The first-order valence-electron chi connectivity index (χ1n) is 6.50. The molecule has 0 radical (unpaired) electrons. The molecule has 0 aliphatic carbocycles. The van der Waals surface area contributed by atoms with Crippen LogP contribution in [0.1, 0.15) is 11.1 Å². The second-order valence-corrected chi connectivity index (χ2v) is 4.62. The van der Waals surface area contributed by atoms with Gasteiger partial charge in [0.05, 0.1) is 17.6 Å². The van der Waals surface area contributed by atoms with Gasteiger partial charge in [-0.2, -0.15) is 5.10 Å². The Hall–Kier alpha value is -2.89. The van der Waals surface area contributed by atoms with Gasteiger partial charge in [-0.25, -0.2) is 0 Å². The maximum atomic E-state index is 11.0. The quantitative estimate of drug-likeness (QED) is 0.767. The highest BCUT2D eigenvalue weighted by Gasteiger charge is 2.11. The van der Waals surface area contributed by atoms with Gasteiger partial charge in [-0.15, -0.1) is 0 Å². The zero-order chi connectivity index (χ0) is 14.7. The molecule has 3 aromatic heterocycles. The molecule has 3 rings (SSSR count). The molecule has 3 aromatic rings. The molecule has 106 valence electrons. The van der Waals surface area contributed by atoms with E-state index in [0.29, 0.717) is 12.4 Å². The maximum absolute atomic E-state index is 11.0. The van der Waals surface area contributed by atoms with Crippen molar-refractivity contribution in [3.8, 4) is 17.1 Å². The molecule has 6 heteroatoms. The Labute approximate surface area is 120 Å². The Bertz CT molecular complexity index is 787. The highest BCUT2D eigenvalue weighted by Crippen LogP contribution is 2.23. The molecule has 0 unspecified atom stereocenters. The Balaban J connectivity index is 1.84. The van der Waals surface area contributed by atoms with Crippen LogP contribution in [-0.2, 0) is 6.61 Å². The van der Waals surface area contributed by atoms with Crippen LogP contribution in [-0.4, -0.2) is 20.2 Å². The predicted molar refractivity (Wildman–Crippen MR) is 78.0 cm³/mol. The van der Waals surface area contributed by atoms with Crippen LogP contribution >= 0.6 is 0 Å². The van der Waals surface area contributed by atoms with Crippen molar-refractivity contribution in [2.75, 3.05) is 0 Å². The van der Waals surface area contributed by atoms with Gasteiger partial charge in [0.25, 0.3) is 0 Å². The molecule has 0 aliphatic rings. The van der Waals surface area contributed by atoms with E-state index in [4.69, 9.17) is 4.74 Å². The van der Waals surface area contributed by atoms with E-state index in [-0.39, 0.29) is 5.56 Å². The third-order valence-corrected chi connectivity index (χ3v) is 3.11. The number of aromatic nitrogens is 4. The number of pyridine rings is 2. The summed E-state index contributed by atoms with van der Waals surface area (Å²) in [6.45, 7) is 2.33. The fraction of sp³-hybridized carbons (Fsp3) is 0.133. The monoisotopic (exact) mass is 282 g/mol. The van der Waals surface area contributed by atoms with E-state index in [1.165, 1.54) is 6.07 Å². The lowest BCUT2D eigenvalue weighted by atomic mass is 10.1. The van der Waals surface area contributed by atoms with Crippen molar-refractivity contribution < 1.29 is 4.74 Å². The fourth-order valence-corrected chi connectivity index (χ4v) is 2.01. The van der Waals surface area contributed by atoms with Crippen LogP contribution in [0.4, 0.5) is 0 Å². The van der Waals surface area contributed by atoms with Crippen LogP contribution < -0.4 is 10.3 Å². The Morgan fingerprint density at radius 3 is 2.90 bits per heavy atom. The zero-order valence-electron chi connectivity index (χ0n) is 11.5. The summed E-state index contributed by atoms with van der Waals surface area (Å²) in [5.41, 5.74) is 3.51. The lowest BCUT2D eigenvalue weighted by molar-refractivity contribution is 0.305. The summed E-state index contributed by atoms with van der Waals surface area (Å²) in [6, 6.07) is 6.88. The number of hydrogen-bond donors (Lipinski definition) is 2. The molecule has 0 aliphatic heterocycles. The van der Waals surface area contributed by atoms with E-state index >= 15 is 0 Å². The van der Waals surface area contributed by atoms with Crippen LogP contribution in [0.3, 0.4) is 0 Å². The van der Waals surface area contributed by atoms with Crippen molar-refractivity contribution in [3.05, 3.63) is 64.3 Å². The highest BCUT2D eigenvalue weighted by molar-refractivity contribution is 5.61. The molecule has 21 heavy (non-hydrogen) atoms. The average molecular weight is 282 g/mol. The molecule has 0 fully saturated rings. The largest absolute Gasteiger partial charge is 0.487 e. The summed E-state index contributed by atoms with van der Waals surface area (Å²) in [5.74, 6) is 0.603. The summed E-state index contributed by atoms with van der Waals surface area (Å²) in [5, 5.41) is 6.97. The Morgan fingerprint density at radius 2 is 2.19 bits per heavy atom. The molecule has 2 N–H and O–H groups in total. The van der Waals surface area contributed by atoms with Crippen molar-refractivity contribution in [3.63, 3.8) is 0 Å². The van der Waals surface area contributed by atoms with E-state index in [9.17, 15) is 4.79 Å². The van der Waals surface area contributed by atoms with E-state index in [0.717, 1.165) is 22.5 Å². The molecule has 0 saturated heterocycles. The molecule has 3 heterocycles. The van der Waals surface area contributed by atoms with Gasteiger partial charge in [0.2, 0.25) is 5.56 Å². The normalized spacial score (nSPS) is 10.5. The molecule has 0 atom stereocenters. The number of H-pyrrole nitrogens is 2. The first-order valence-corrected chi connectivity index (χ1v) is 6.50. The smallest absolute Gasteiger partial charge is 0.248 e. The van der Waals surface area contributed by atoms with Gasteiger partial charge in [-0.05, 0) is 24.6 Å². The van der Waals surface area contributed by atoms with Crippen molar-refractivity contribution in [2.24, 2.45) is 0 Å². The van der Waals surface area contributed by atoms with Gasteiger partial charge in [0.15, 0.2) is 0 Å². The van der Waals surface area contributed by atoms with E-state index < -0.39 is 0 Å². The van der Waals surface area contributed by atoms with E-state index in [1.54, 1.807) is 24.7 Å². The van der Waals surface area contributed by atoms with Crippen LogP contribution in [0.2, 0.25) is 0 Å². The second-order valence-electron chi connectivity index (χ2n) is 4.62. The summed E-state index contributed by atoms with van der Waals surface area (Å²) in [7, 11) is 0. The van der Waals surface area contributed by atoms with Crippen molar-refractivity contribution in [2.45, 2.75) is 13.5 Å². The minimum atomic E-state index is -0.155. The molecule has 0 bridgehead atoms. The Kier molecular flexibility index (Phi) is 3.51. The molecule has 6 nitrogen and oxygen atoms in total. The van der Waals surface area contributed by atoms with Gasteiger partial charge in [-0.3, -0.25) is 14.9 Å². The maximum Gasteiger partial charge on any atom is 0.248 e. The zero-order valence-corrected chi connectivity index (χ0v) is 11.5. The molecular formula is C15H14N4O2. The first-order chi connectivity index (χ1) is 10.2. The van der Waals surface area contributed by atoms with E-state index in [1.807, 2.05) is 19.1 Å². The third-order valence-electron chi connectivity index (χ3n) is 3.11. The molecular weight excluding hydrogens is 268 g/mol. The van der Waals surface area contributed by atoms with Crippen LogP contribution in [0.15, 0.2) is 47.7 Å². The number of rotatable bonds is 4. The summed E-state index contributed by atoms with van der Waals surface area (Å²) >= 11 is 0. The number of nitrogens with zero attached hydrogens (tertiary/aromatic N) is 2. The minimum absolute atomic E-state index is 0.155. The van der Waals surface area contributed by atoms with Crippen LogP contribution in [0.5, 0.6) is 5.75 Å². The first kappa shape index (κ1) is 13.1. The number of nitrogens with one attached hydrogen (secondary N) is 2. The molecule has 0 spiro atoms. The predicted octanol–water partition coefficient (Wildman–Crippen LogP) is 2.05. The summed E-state index contributed by atoms with van der Waals surface area (Å²) in [4.78, 5) is 18.0. The van der Waals surface area contributed by atoms with Crippen molar-refractivity contribution in [1.82, 2.24) is 20.2 Å². The van der Waals surface area contributed by atoms with Gasteiger partial charge in [0, 0.05) is 24.0 Å². The molecule has 0 aromatic carbocycles. The summed E-state index contributed by atoms with van der Waals surface area (Å²) in [6.07, 6.45) is 5.04. The fourth-order valence-electron chi connectivity index (χ4n) is 2.01. The number of aromatic amines is 2. The van der Waals surface area contributed by atoms with Crippen LogP contribution in [0, 0.1) is 6.92 Å². The standard InChI is InChI=1S/C15H14N4O2/c1-10-7-18-19-14(10)15-11(3-2-6-16-15)9-21-12-4-5-13(20)17-8-12/h2-8H,9H2,1H3,(H,17,20)(H,18,19). The average Bonchev–Trinajstić information content (AvgIpc) is 2.93. The topological polar surface area (TPSA) is 83.7 Å². The number of aryl methyl sites for hydroxylation is 1. The second kappa shape index (κ2) is 5.62. The van der Waals surface area contributed by atoms with Gasteiger partial charge >= 0.3 is 0 Å². The molecule has 0 amide bonds. The van der Waals surface area contributed by atoms with Gasteiger partial charge in [-0.1, -0.05) is 6.07 Å². The highest BCUT2D eigenvalue weighted by atomic mass is 16.5. The van der Waals surface area contributed by atoms with Crippen molar-refractivity contribution in [1.29, 1.82) is 0 Å². The van der Waals surface area contributed by atoms with Gasteiger partial charge in [0.1, 0.15) is 12.4 Å². The van der Waals surface area contributed by atoms with Gasteiger partial charge < -0.3 is 9.72 Å². The lowest BCUT2D eigenvalue weighted by Crippen LogP contribution is -2.04. The van der Waals surface area contributed by atoms with Crippen LogP contribution in [0.25, 0.3) is 11.4 Å². The number of hydrogen-bond acceptors (Lipinski definition) is 4. The van der Waals surface area contributed by atoms with E-state index in [2.05, 4.69) is 20.2 Å². The lowest BCUT2D eigenvalue weighted by Gasteiger charge is -2.09. The number of ether oxygens (including phenoxy) is 1. The van der Waals surface area contributed by atoms with Crippen molar-refractivity contribution >= 4 is 0 Å². The summed E-state index contributed by atoms with van der Waals surface area (Å²) < 4.78 is 5.68. The SMILES string of the molecule is Cc1cn[nH]c1-c1ncccc1COc1ccc(=O)[nH]c1. The minimum Gasteiger partial charge on any atom is -0.487 e. The Morgan fingerprint density at radius 1 is 1.29 bits per heavy atom. The molecule has 0 saturated carbocycles. The third kappa shape index (κ3) is 2.84.